The van der Waals surface area contributed by atoms with Gasteiger partial charge in [0.1, 0.15) is 22.8 Å². The molecule has 25 heavy (non-hydrogen) atoms. The van der Waals surface area contributed by atoms with Crippen molar-refractivity contribution in [1.29, 1.82) is 0 Å². The molecule has 3 rings (SSSR count). The second-order valence-electron chi connectivity index (χ2n) is 6.46. The first kappa shape index (κ1) is 17.1. The number of hydrogen-bond donors (Lipinski definition) is 0. The minimum Gasteiger partial charge on any atom is -0.491 e. The van der Waals surface area contributed by atoms with Crippen LogP contribution in [0.1, 0.15) is 27.7 Å². The van der Waals surface area contributed by atoms with Crippen LogP contribution in [0.25, 0.3) is 22.3 Å². The zero-order chi connectivity index (χ0) is 18.0. The van der Waals surface area contributed by atoms with Crippen LogP contribution in [0.4, 0.5) is 0 Å². The van der Waals surface area contributed by atoms with E-state index in [1.54, 1.807) is 12.1 Å². The molecule has 4 nitrogen and oxygen atoms in total. The molecule has 0 saturated carbocycles. The Morgan fingerprint density at radius 2 is 1.60 bits per heavy atom. The molecule has 0 aliphatic heterocycles. The third-order valence-electron chi connectivity index (χ3n) is 3.59. The van der Waals surface area contributed by atoms with Gasteiger partial charge in [0.25, 0.3) is 0 Å². The first-order valence-corrected chi connectivity index (χ1v) is 8.44. The molecule has 0 spiro atoms. The zero-order valence-electron chi connectivity index (χ0n) is 14.9. The van der Waals surface area contributed by atoms with Crippen molar-refractivity contribution in [2.45, 2.75) is 39.9 Å². The summed E-state index contributed by atoms with van der Waals surface area (Å²) in [6.07, 6.45) is 0.0520. The molecule has 0 unspecified atom stereocenters. The number of hydrogen-bond acceptors (Lipinski definition) is 4. The highest BCUT2D eigenvalue weighted by atomic mass is 16.5. The van der Waals surface area contributed by atoms with Crippen LogP contribution in [0.5, 0.6) is 11.5 Å². The lowest BCUT2D eigenvalue weighted by atomic mass is 10.1. The van der Waals surface area contributed by atoms with Gasteiger partial charge in [-0.2, -0.15) is 0 Å². The van der Waals surface area contributed by atoms with Crippen LogP contribution in [0.15, 0.2) is 57.7 Å². The standard InChI is InChI=1S/C21H22O4/c1-13(2)23-15-9-10-20(24-14(3)4)17(11-15)21-12-18(22)16-7-5-6-8-19(16)25-21/h5-14H,1-4H3. The summed E-state index contributed by atoms with van der Waals surface area (Å²) in [5.41, 5.74) is 1.17. The van der Waals surface area contributed by atoms with Crippen molar-refractivity contribution >= 4 is 11.0 Å². The summed E-state index contributed by atoms with van der Waals surface area (Å²) >= 11 is 0. The Hall–Kier alpha value is -2.75. The van der Waals surface area contributed by atoms with Crippen LogP contribution in [-0.4, -0.2) is 12.2 Å². The van der Waals surface area contributed by atoms with Gasteiger partial charge in [-0.25, -0.2) is 0 Å². The predicted molar refractivity (Wildman–Crippen MR) is 99.4 cm³/mol. The van der Waals surface area contributed by atoms with Crippen LogP contribution < -0.4 is 14.9 Å². The van der Waals surface area contributed by atoms with E-state index < -0.39 is 0 Å². The van der Waals surface area contributed by atoms with E-state index in [2.05, 4.69) is 0 Å². The Labute approximate surface area is 147 Å². The molecule has 1 heterocycles. The predicted octanol–water partition coefficient (Wildman–Crippen LogP) is 5.03. The van der Waals surface area contributed by atoms with Crippen LogP contribution in [-0.2, 0) is 0 Å². The molecule has 0 amide bonds. The smallest absolute Gasteiger partial charge is 0.193 e. The van der Waals surface area contributed by atoms with Gasteiger partial charge in [0.2, 0.25) is 0 Å². The fourth-order valence-electron chi connectivity index (χ4n) is 2.64. The van der Waals surface area contributed by atoms with Crippen molar-refractivity contribution in [3.8, 4) is 22.8 Å². The fourth-order valence-corrected chi connectivity index (χ4v) is 2.64. The summed E-state index contributed by atoms with van der Waals surface area (Å²) < 4.78 is 17.6. The first-order valence-electron chi connectivity index (χ1n) is 8.44. The molecule has 0 fully saturated rings. The summed E-state index contributed by atoms with van der Waals surface area (Å²) in [4.78, 5) is 12.4. The first-order chi connectivity index (χ1) is 11.9. The van der Waals surface area contributed by atoms with E-state index in [1.807, 2.05) is 58.0 Å². The Kier molecular flexibility index (Phi) is 4.79. The number of ether oxygens (including phenoxy) is 2. The van der Waals surface area contributed by atoms with Crippen molar-refractivity contribution in [2.75, 3.05) is 0 Å². The Morgan fingerprint density at radius 1 is 0.880 bits per heavy atom. The highest BCUT2D eigenvalue weighted by Crippen LogP contribution is 2.35. The molecule has 0 aliphatic rings. The van der Waals surface area contributed by atoms with Gasteiger partial charge in [-0.3, -0.25) is 4.79 Å². The summed E-state index contributed by atoms with van der Waals surface area (Å²) in [5.74, 6) is 1.83. The van der Waals surface area contributed by atoms with Gasteiger partial charge < -0.3 is 13.9 Å². The number of fused-ring (bicyclic) bond motifs is 1. The molecular weight excluding hydrogens is 316 g/mol. The lowest BCUT2D eigenvalue weighted by Gasteiger charge is -2.16. The molecule has 2 aromatic carbocycles. The minimum absolute atomic E-state index is 0.00259. The maximum Gasteiger partial charge on any atom is 0.193 e. The van der Waals surface area contributed by atoms with Crippen LogP contribution >= 0.6 is 0 Å². The number of benzene rings is 2. The van der Waals surface area contributed by atoms with E-state index in [9.17, 15) is 4.79 Å². The normalized spacial score (nSPS) is 11.3. The average molecular weight is 338 g/mol. The van der Waals surface area contributed by atoms with E-state index in [0.717, 1.165) is 0 Å². The van der Waals surface area contributed by atoms with Crippen molar-refractivity contribution in [3.63, 3.8) is 0 Å². The quantitative estimate of drug-likeness (QED) is 0.654. The Balaban J connectivity index is 2.17. The maximum absolute atomic E-state index is 12.4. The van der Waals surface area contributed by atoms with Gasteiger partial charge in [0.15, 0.2) is 5.43 Å². The van der Waals surface area contributed by atoms with Crippen molar-refractivity contribution < 1.29 is 13.9 Å². The van der Waals surface area contributed by atoms with Crippen molar-refractivity contribution in [2.24, 2.45) is 0 Å². The summed E-state index contributed by atoms with van der Waals surface area (Å²) in [5, 5.41) is 0.562. The second-order valence-corrected chi connectivity index (χ2v) is 6.46. The fraction of sp³-hybridized carbons (Fsp3) is 0.286. The third-order valence-corrected chi connectivity index (χ3v) is 3.59. The summed E-state index contributed by atoms with van der Waals surface area (Å²) in [6.45, 7) is 7.85. The number of rotatable bonds is 5. The maximum atomic E-state index is 12.4. The molecule has 4 heteroatoms. The van der Waals surface area contributed by atoms with Crippen LogP contribution in [0.3, 0.4) is 0 Å². The average Bonchev–Trinajstić information content (AvgIpc) is 2.55. The van der Waals surface area contributed by atoms with E-state index in [0.29, 0.717) is 33.8 Å². The molecule has 0 bridgehead atoms. The molecule has 130 valence electrons. The van der Waals surface area contributed by atoms with E-state index in [1.165, 1.54) is 6.07 Å². The third kappa shape index (κ3) is 3.85. The SMILES string of the molecule is CC(C)Oc1ccc(OC(C)C)c(-c2cc(=O)c3ccccc3o2)c1. The van der Waals surface area contributed by atoms with Gasteiger partial charge >= 0.3 is 0 Å². The van der Waals surface area contributed by atoms with E-state index in [4.69, 9.17) is 13.9 Å². The molecule has 1 aromatic heterocycles. The lowest BCUT2D eigenvalue weighted by molar-refractivity contribution is 0.235. The second kappa shape index (κ2) is 7.01. The lowest BCUT2D eigenvalue weighted by Crippen LogP contribution is -2.09. The molecule has 3 aromatic rings. The van der Waals surface area contributed by atoms with Gasteiger partial charge in [-0.1, -0.05) is 12.1 Å². The topological polar surface area (TPSA) is 48.7 Å². The van der Waals surface area contributed by atoms with Gasteiger partial charge in [0.05, 0.1) is 23.2 Å². The van der Waals surface area contributed by atoms with Gasteiger partial charge in [-0.05, 0) is 58.0 Å². The molecule has 0 aliphatic carbocycles. The van der Waals surface area contributed by atoms with E-state index in [-0.39, 0.29) is 17.6 Å². The van der Waals surface area contributed by atoms with Gasteiger partial charge in [0, 0.05) is 6.07 Å². The highest BCUT2D eigenvalue weighted by molar-refractivity contribution is 5.79. The largest absolute Gasteiger partial charge is 0.491 e. The molecular formula is C21H22O4. The Bertz CT molecular complexity index is 938. The minimum atomic E-state index is -0.0810. The molecule has 0 saturated heterocycles. The van der Waals surface area contributed by atoms with Crippen LogP contribution in [0.2, 0.25) is 0 Å². The summed E-state index contributed by atoms with van der Waals surface area (Å²) in [7, 11) is 0. The van der Waals surface area contributed by atoms with E-state index >= 15 is 0 Å². The number of para-hydroxylation sites is 1. The van der Waals surface area contributed by atoms with Gasteiger partial charge in [-0.15, -0.1) is 0 Å². The molecule has 0 N–H and O–H groups in total. The summed E-state index contributed by atoms with van der Waals surface area (Å²) in [6, 6.07) is 14.3. The van der Waals surface area contributed by atoms with Crippen LogP contribution in [0, 0.1) is 0 Å². The zero-order valence-corrected chi connectivity index (χ0v) is 14.9. The molecule has 0 atom stereocenters. The monoisotopic (exact) mass is 338 g/mol. The van der Waals surface area contributed by atoms with Crippen molar-refractivity contribution in [1.82, 2.24) is 0 Å². The van der Waals surface area contributed by atoms with Crippen molar-refractivity contribution in [3.05, 3.63) is 58.8 Å². The Morgan fingerprint density at radius 3 is 2.32 bits per heavy atom. The molecule has 0 radical (unpaired) electrons. The highest BCUT2D eigenvalue weighted by Gasteiger charge is 2.15.